The second-order valence-corrected chi connectivity index (χ2v) is 5.83. The molecule has 0 aliphatic heterocycles. The molecule has 4 N–H and O–H groups in total. The molecule has 0 aliphatic rings. The van der Waals surface area contributed by atoms with Gasteiger partial charge in [-0.1, -0.05) is 18.2 Å². The lowest BCUT2D eigenvalue weighted by Gasteiger charge is -2.11. The van der Waals surface area contributed by atoms with E-state index in [-0.39, 0.29) is 0 Å². The fraction of sp³-hybridized carbons (Fsp3) is 0.105. The number of aromatic amines is 1. The van der Waals surface area contributed by atoms with Gasteiger partial charge in [-0.25, -0.2) is 4.98 Å². The topological polar surface area (TPSA) is 92.5 Å². The van der Waals surface area contributed by atoms with Crippen molar-refractivity contribution in [3.05, 3.63) is 66.6 Å². The molecule has 4 aromatic rings. The van der Waals surface area contributed by atoms with E-state index in [1.165, 1.54) is 5.56 Å². The van der Waals surface area contributed by atoms with Crippen LogP contribution >= 0.6 is 0 Å². The summed E-state index contributed by atoms with van der Waals surface area (Å²) < 4.78 is 0. The first kappa shape index (κ1) is 15.1. The van der Waals surface area contributed by atoms with Crippen molar-refractivity contribution < 1.29 is 0 Å². The minimum atomic E-state index is 0.498. The first-order chi connectivity index (χ1) is 12.3. The lowest BCUT2D eigenvalue weighted by atomic mass is 10.1. The Morgan fingerprint density at radius 2 is 2.04 bits per heavy atom. The van der Waals surface area contributed by atoms with E-state index in [4.69, 9.17) is 5.73 Å². The number of H-pyrrole nitrogens is 1. The van der Waals surface area contributed by atoms with E-state index in [2.05, 4.69) is 43.7 Å². The summed E-state index contributed by atoms with van der Waals surface area (Å²) >= 11 is 0. The van der Waals surface area contributed by atoms with Gasteiger partial charge in [-0.15, -0.1) is 0 Å². The van der Waals surface area contributed by atoms with Crippen LogP contribution in [-0.4, -0.2) is 26.7 Å². The standard InChI is InChI=1S/C19H18N6/c20-19-11-17(22-8-5-13-2-1-7-21-12-13)15-4-3-14(10-18(15)24-19)16-6-9-23-25-16/h1-4,6-7,9-12H,5,8H2,(H,23,25)(H3,20,22,24). The van der Waals surface area contributed by atoms with E-state index in [0.717, 1.165) is 40.8 Å². The van der Waals surface area contributed by atoms with E-state index in [1.54, 1.807) is 12.4 Å². The number of rotatable bonds is 5. The maximum Gasteiger partial charge on any atom is 0.126 e. The summed E-state index contributed by atoms with van der Waals surface area (Å²) in [6.45, 7) is 0.798. The molecule has 0 spiro atoms. The molecule has 0 saturated heterocycles. The van der Waals surface area contributed by atoms with Crippen molar-refractivity contribution in [3.8, 4) is 11.3 Å². The van der Waals surface area contributed by atoms with Crippen molar-refractivity contribution in [2.75, 3.05) is 17.6 Å². The van der Waals surface area contributed by atoms with Gasteiger partial charge in [-0.2, -0.15) is 5.10 Å². The molecule has 3 aromatic heterocycles. The highest BCUT2D eigenvalue weighted by atomic mass is 15.1. The van der Waals surface area contributed by atoms with Gasteiger partial charge in [0.2, 0.25) is 0 Å². The van der Waals surface area contributed by atoms with Gasteiger partial charge in [-0.05, 0) is 30.2 Å². The molecule has 6 nitrogen and oxygen atoms in total. The molecule has 0 radical (unpaired) electrons. The Morgan fingerprint density at radius 1 is 1.08 bits per heavy atom. The van der Waals surface area contributed by atoms with Crippen LogP contribution in [0.25, 0.3) is 22.2 Å². The second kappa shape index (κ2) is 6.60. The highest BCUT2D eigenvalue weighted by Crippen LogP contribution is 2.28. The van der Waals surface area contributed by atoms with Crippen molar-refractivity contribution in [2.24, 2.45) is 0 Å². The highest BCUT2D eigenvalue weighted by molar-refractivity contribution is 5.95. The van der Waals surface area contributed by atoms with Crippen LogP contribution in [-0.2, 0) is 6.42 Å². The first-order valence-corrected chi connectivity index (χ1v) is 8.12. The Kier molecular flexibility index (Phi) is 4.00. The fourth-order valence-electron chi connectivity index (χ4n) is 2.87. The third-order valence-electron chi connectivity index (χ3n) is 4.09. The third kappa shape index (κ3) is 3.28. The van der Waals surface area contributed by atoms with Gasteiger partial charge in [0, 0.05) is 47.8 Å². The van der Waals surface area contributed by atoms with Crippen LogP contribution in [0.3, 0.4) is 0 Å². The SMILES string of the molecule is Nc1cc(NCCc2cccnc2)c2ccc(-c3ccn[nH]3)cc2n1. The zero-order valence-corrected chi connectivity index (χ0v) is 13.6. The number of benzene rings is 1. The summed E-state index contributed by atoms with van der Waals surface area (Å²) in [4.78, 5) is 8.61. The summed E-state index contributed by atoms with van der Waals surface area (Å²) in [5.41, 5.74) is 11.0. The van der Waals surface area contributed by atoms with Crippen LogP contribution < -0.4 is 11.1 Å². The number of aromatic nitrogens is 4. The van der Waals surface area contributed by atoms with Crippen molar-refractivity contribution in [1.29, 1.82) is 0 Å². The minimum Gasteiger partial charge on any atom is -0.384 e. The van der Waals surface area contributed by atoms with Crippen molar-refractivity contribution in [3.63, 3.8) is 0 Å². The number of nitrogens with zero attached hydrogens (tertiary/aromatic N) is 3. The molecule has 6 heteroatoms. The number of nitrogens with two attached hydrogens (primary N) is 1. The van der Waals surface area contributed by atoms with Gasteiger partial charge in [-0.3, -0.25) is 10.1 Å². The number of nitrogen functional groups attached to an aromatic ring is 1. The van der Waals surface area contributed by atoms with Gasteiger partial charge in [0.25, 0.3) is 0 Å². The Morgan fingerprint density at radius 3 is 2.84 bits per heavy atom. The van der Waals surface area contributed by atoms with Gasteiger partial charge in [0.1, 0.15) is 5.82 Å². The quantitative estimate of drug-likeness (QED) is 0.522. The summed E-state index contributed by atoms with van der Waals surface area (Å²) in [6, 6.07) is 14.0. The smallest absolute Gasteiger partial charge is 0.126 e. The number of fused-ring (bicyclic) bond motifs is 1. The van der Waals surface area contributed by atoms with Crippen LogP contribution in [0.15, 0.2) is 61.1 Å². The fourth-order valence-corrected chi connectivity index (χ4v) is 2.87. The third-order valence-corrected chi connectivity index (χ3v) is 4.09. The molecule has 25 heavy (non-hydrogen) atoms. The molecule has 0 unspecified atom stereocenters. The number of anilines is 2. The lowest BCUT2D eigenvalue weighted by Crippen LogP contribution is -2.06. The second-order valence-electron chi connectivity index (χ2n) is 5.83. The predicted octanol–water partition coefficient (Wildman–Crippen LogP) is 3.26. The maximum atomic E-state index is 6.00. The lowest BCUT2D eigenvalue weighted by molar-refractivity contribution is 1.01. The van der Waals surface area contributed by atoms with Crippen LogP contribution in [0.5, 0.6) is 0 Å². The average molecular weight is 330 g/mol. The molecule has 3 heterocycles. The number of nitrogens with one attached hydrogen (secondary N) is 2. The first-order valence-electron chi connectivity index (χ1n) is 8.12. The molecule has 0 saturated carbocycles. The summed E-state index contributed by atoms with van der Waals surface area (Å²) in [5, 5.41) is 11.5. The average Bonchev–Trinajstić information content (AvgIpc) is 3.16. The van der Waals surface area contributed by atoms with Crippen LogP contribution in [0.2, 0.25) is 0 Å². The van der Waals surface area contributed by atoms with E-state index < -0.39 is 0 Å². The number of pyridine rings is 2. The van der Waals surface area contributed by atoms with Crippen molar-refractivity contribution in [2.45, 2.75) is 6.42 Å². The predicted molar refractivity (Wildman–Crippen MR) is 100 cm³/mol. The molecule has 0 fully saturated rings. The van der Waals surface area contributed by atoms with Gasteiger partial charge in [0.15, 0.2) is 0 Å². The van der Waals surface area contributed by atoms with Gasteiger partial charge in [0.05, 0.1) is 11.2 Å². The molecule has 124 valence electrons. The van der Waals surface area contributed by atoms with E-state index in [1.807, 2.05) is 30.5 Å². The van der Waals surface area contributed by atoms with E-state index in [9.17, 15) is 0 Å². The zero-order chi connectivity index (χ0) is 17.1. The summed E-state index contributed by atoms with van der Waals surface area (Å²) in [7, 11) is 0. The number of hydrogen-bond donors (Lipinski definition) is 3. The molecule has 1 aromatic carbocycles. The molecule has 4 rings (SSSR count). The Bertz CT molecular complexity index is 980. The van der Waals surface area contributed by atoms with Gasteiger partial charge < -0.3 is 11.1 Å². The summed E-state index contributed by atoms with van der Waals surface area (Å²) in [6.07, 6.45) is 6.30. The molecule has 0 aliphatic carbocycles. The minimum absolute atomic E-state index is 0.498. The highest BCUT2D eigenvalue weighted by Gasteiger charge is 2.07. The van der Waals surface area contributed by atoms with Crippen molar-refractivity contribution >= 4 is 22.4 Å². The Hall–Kier alpha value is -3.41. The molecule has 0 amide bonds. The Balaban J connectivity index is 1.60. The van der Waals surface area contributed by atoms with E-state index >= 15 is 0 Å². The van der Waals surface area contributed by atoms with Crippen LogP contribution in [0.4, 0.5) is 11.5 Å². The molecular weight excluding hydrogens is 312 g/mol. The van der Waals surface area contributed by atoms with Crippen molar-refractivity contribution in [1.82, 2.24) is 20.2 Å². The van der Waals surface area contributed by atoms with Crippen LogP contribution in [0, 0.1) is 0 Å². The number of hydrogen-bond acceptors (Lipinski definition) is 5. The Labute approximate surface area is 145 Å². The van der Waals surface area contributed by atoms with E-state index in [0.29, 0.717) is 5.82 Å². The monoisotopic (exact) mass is 330 g/mol. The van der Waals surface area contributed by atoms with Gasteiger partial charge >= 0.3 is 0 Å². The summed E-state index contributed by atoms with van der Waals surface area (Å²) in [5.74, 6) is 0.498. The normalized spacial score (nSPS) is 10.9. The largest absolute Gasteiger partial charge is 0.384 e. The molecular formula is C19H18N6. The zero-order valence-electron chi connectivity index (χ0n) is 13.6. The van der Waals surface area contributed by atoms with Crippen LogP contribution in [0.1, 0.15) is 5.56 Å². The molecule has 0 atom stereocenters. The maximum absolute atomic E-state index is 6.00. The molecule has 0 bridgehead atoms.